The molecule has 14 rings (SSSR count). The van der Waals surface area contributed by atoms with Crippen LogP contribution in [0, 0.1) is 0 Å². The SMILES string of the molecule is c1ccc(-c2ccc(-c3ccc(-c4cccc5c4oc4ccccc45)cc3)c(N(c3ccc(-c4cccc5c4oc4ccccc45)cc3)c3ccc(-c4cccc5c4oc4ccccc45)cc3)c2)cc1. The second-order valence-electron chi connectivity index (χ2n) is 17.9. The maximum atomic E-state index is 6.51. The Morgan fingerprint density at radius 3 is 1.00 bits per heavy atom. The van der Waals surface area contributed by atoms with Gasteiger partial charge in [-0.25, -0.2) is 0 Å². The van der Waals surface area contributed by atoms with Gasteiger partial charge in [-0.05, 0) is 81.9 Å². The maximum absolute atomic E-state index is 6.51. The number of rotatable bonds is 8. The standard InChI is InChI=1S/C66H41NO3/c1-2-13-42(14-3-1)47-35-40-50(43-27-29-44(30-28-43)51-18-10-21-57-54-15-4-7-24-61(54)68-64(51)57)60(41-47)67(48-36-31-45(32-37-48)52-19-11-22-58-55-16-5-8-25-62(55)69-65(52)58)49-38-33-46(34-39-49)53-20-12-23-59-56-17-6-9-26-63(56)70-66(53)59/h1-41H. The molecular weight excluding hydrogens is 855 g/mol. The van der Waals surface area contributed by atoms with Crippen molar-refractivity contribution in [2.75, 3.05) is 4.90 Å². The van der Waals surface area contributed by atoms with E-state index in [4.69, 9.17) is 13.3 Å². The van der Waals surface area contributed by atoms with Crippen LogP contribution in [0.4, 0.5) is 17.1 Å². The second-order valence-corrected chi connectivity index (χ2v) is 17.9. The Bertz CT molecular complexity index is 4110. The minimum atomic E-state index is 0.887. The van der Waals surface area contributed by atoms with E-state index in [-0.39, 0.29) is 0 Å². The summed E-state index contributed by atoms with van der Waals surface area (Å²) in [5, 5.41) is 6.70. The molecule has 4 heteroatoms. The van der Waals surface area contributed by atoms with E-state index < -0.39 is 0 Å². The van der Waals surface area contributed by atoms with E-state index in [9.17, 15) is 0 Å². The molecule has 0 saturated heterocycles. The summed E-state index contributed by atoms with van der Waals surface area (Å²) in [6, 6.07) is 88.2. The number of furan rings is 3. The Kier molecular flexibility index (Phi) is 9.17. The molecule has 0 amide bonds. The van der Waals surface area contributed by atoms with E-state index >= 15 is 0 Å². The number of hydrogen-bond acceptors (Lipinski definition) is 4. The monoisotopic (exact) mass is 895 g/mol. The zero-order valence-corrected chi connectivity index (χ0v) is 37.8. The Morgan fingerprint density at radius 2 is 0.571 bits per heavy atom. The summed E-state index contributed by atoms with van der Waals surface area (Å²) in [6.45, 7) is 0. The second kappa shape index (κ2) is 16.2. The predicted molar refractivity (Wildman–Crippen MR) is 290 cm³/mol. The van der Waals surface area contributed by atoms with Crippen LogP contribution in [0.25, 0.3) is 121 Å². The van der Waals surface area contributed by atoms with Gasteiger partial charge in [-0.15, -0.1) is 0 Å². The van der Waals surface area contributed by atoms with Gasteiger partial charge >= 0.3 is 0 Å². The quantitative estimate of drug-likeness (QED) is 0.152. The summed E-state index contributed by atoms with van der Waals surface area (Å²) < 4.78 is 19.5. The van der Waals surface area contributed by atoms with Crippen molar-refractivity contribution in [1.29, 1.82) is 0 Å². The summed E-state index contributed by atoms with van der Waals surface area (Å²) in [6.07, 6.45) is 0. The third kappa shape index (κ3) is 6.53. The van der Waals surface area contributed by atoms with E-state index in [1.807, 2.05) is 36.4 Å². The molecule has 328 valence electrons. The van der Waals surface area contributed by atoms with Gasteiger partial charge in [-0.3, -0.25) is 0 Å². The average molecular weight is 896 g/mol. The van der Waals surface area contributed by atoms with Gasteiger partial charge < -0.3 is 18.2 Å². The van der Waals surface area contributed by atoms with Crippen LogP contribution in [-0.2, 0) is 0 Å². The topological polar surface area (TPSA) is 42.7 Å². The molecule has 14 aromatic rings. The van der Waals surface area contributed by atoms with Crippen LogP contribution in [-0.4, -0.2) is 0 Å². The third-order valence-corrected chi connectivity index (χ3v) is 13.9. The normalized spacial score (nSPS) is 11.7. The Morgan fingerprint density at radius 1 is 0.229 bits per heavy atom. The highest BCUT2D eigenvalue weighted by atomic mass is 16.3. The maximum Gasteiger partial charge on any atom is 0.143 e. The molecule has 0 radical (unpaired) electrons. The zero-order valence-electron chi connectivity index (χ0n) is 37.8. The predicted octanol–water partition coefficient (Wildman–Crippen LogP) is 19.2. The van der Waals surface area contributed by atoms with Crippen LogP contribution >= 0.6 is 0 Å². The summed E-state index contributed by atoms with van der Waals surface area (Å²) >= 11 is 0. The number of para-hydroxylation sites is 6. The molecule has 0 atom stereocenters. The highest BCUT2D eigenvalue weighted by molar-refractivity contribution is 6.12. The fourth-order valence-corrected chi connectivity index (χ4v) is 10.5. The largest absolute Gasteiger partial charge is 0.455 e. The number of nitrogens with zero attached hydrogens (tertiary/aromatic N) is 1. The molecule has 0 saturated carbocycles. The first-order chi connectivity index (χ1) is 34.7. The lowest BCUT2D eigenvalue weighted by atomic mass is 9.94. The van der Waals surface area contributed by atoms with Crippen LogP contribution in [0.3, 0.4) is 0 Å². The molecule has 0 aliphatic rings. The van der Waals surface area contributed by atoms with Gasteiger partial charge in [0.2, 0.25) is 0 Å². The Balaban J connectivity index is 0.930. The first-order valence-corrected chi connectivity index (χ1v) is 23.7. The minimum absolute atomic E-state index is 0.887. The number of hydrogen-bond donors (Lipinski definition) is 0. The van der Waals surface area contributed by atoms with E-state index in [0.717, 1.165) is 139 Å². The highest BCUT2D eigenvalue weighted by Crippen LogP contribution is 2.46. The van der Waals surface area contributed by atoms with Gasteiger partial charge in [-0.1, -0.05) is 200 Å². The molecule has 0 aliphatic heterocycles. The molecule has 11 aromatic carbocycles. The van der Waals surface area contributed by atoms with Crippen LogP contribution in [0.15, 0.2) is 262 Å². The molecule has 3 heterocycles. The lowest BCUT2D eigenvalue weighted by Gasteiger charge is -2.29. The van der Waals surface area contributed by atoms with E-state index in [0.29, 0.717) is 0 Å². The molecule has 0 aliphatic carbocycles. The van der Waals surface area contributed by atoms with Crippen molar-refractivity contribution < 1.29 is 13.3 Å². The molecule has 0 unspecified atom stereocenters. The van der Waals surface area contributed by atoms with Gasteiger partial charge in [0.05, 0.1) is 5.69 Å². The summed E-state index contributed by atoms with van der Waals surface area (Å²) in [4.78, 5) is 2.39. The van der Waals surface area contributed by atoms with Gasteiger partial charge in [0.1, 0.15) is 33.5 Å². The first kappa shape index (κ1) is 39.8. The van der Waals surface area contributed by atoms with Gasteiger partial charge in [0.25, 0.3) is 0 Å². The molecular formula is C66H41NO3. The fraction of sp³-hybridized carbons (Fsp3) is 0. The van der Waals surface area contributed by atoms with Gasteiger partial charge in [-0.2, -0.15) is 0 Å². The zero-order chi connectivity index (χ0) is 46.1. The molecule has 70 heavy (non-hydrogen) atoms. The Labute approximate surface area is 403 Å². The number of benzene rings is 11. The van der Waals surface area contributed by atoms with Gasteiger partial charge in [0, 0.05) is 65.9 Å². The van der Waals surface area contributed by atoms with Crippen molar-refractivity contribution >= 4 is 82.9 Å². The molecule has 0 fully saturated rings. The van der Waals surface area contributed by atoms with Crippen LogP contribution in [0.5, 0.6) is 0 Å². The summed E-state index contributed by atoms with van der Waals surface area (Å²) in [5.74, 6) is 0. The molecule has 4 nitrogen and oxygen atoms in total. The average Bonchev–Trinajstić information content (AvgIpc) is 4.14. The summed E-state index contributed by atoms with van der Waals surface area (Å²) in [7, 11) is 0. The molecule has 0 spiro atoms. The smallest absolute Gasteiger partial charge is 0.143 e. The van der Waals surface area contributed by atoms with Gasteiger partial charge in [0.15, 0.2) is 0 Å². The van der Waals surface area contributed by atoms with Crippen molar-refractivity contribution in [3.8, 4) is 55.6 Å². The van der Waals surface area contributed by atoms with E-state index in [2.05, 4.69) is 217 Å². The molecule has 0 bridgehead atoms. The van der Waals surface area contributed by atoms with Crippen molar-refractivity contribution in [2.24, 2.45) is 0 Å². The van der Waals surface area contributed by atoms with Crippen molar-refractivity contribution in [3.63, 3.8) is 0 Å². The lowest BCUT2D eigenvalue weighted by Crippen LogP contribution is -2.11. The Hall–Kier alpha value is -9.38. The number of fused-ring (bicyclic) bond motifs is 9. The number of anilines is 3. The van der Waals surface area contributed by atoms with Crippen molar-refractivity contribution in [1.82, 2.24) is 0 Å². The van der Waals surface area contributed by atoms with Crippen LogP contribution < -0.4 is 4.90 Å². The van der Waals surface area contributed by atoms with E-state index in [1.165, 1.54) is 0 Å². The molecule has 0 N–H and O–H groups in total. The molecule has 3 aromatic heterocycles. The van der Waals surface area contributed by atoms with Crippen molar-refractivity contribution in [2.45, 2.75) is 0 Å². The third-order valence-electron chi connectivity index (χ3n) is 13.9. The highest BCUT2D eigenvalue weighted by Gasteiger charge is 2.22. The van der Waals surface area contributed by atoms with Crippen molar-refractivity contribution in [3.05, 3.63) is 249 Å². The van der Waals surface area contributed by atoms with Crippen LogP contribution in [0.2, 0.25) is 0 Å². The summed E-state index contributed by atoms with van der Waals surface area (Å²) in [5.41, 5.74) is 19.3. The minimum Gasteiger partial charge on any atom is -0.455 e. The first-order valence-electron chi connectivity index (χ1n) is 23.7. The lowest BCUT2D eigenvalue weighted by molar-refractivity contribution is 0.669. The van der Waals surface area contributed by atoms with E-state index in [1.54, 1.807) is 0 Å². The van der Waals surface area contributed by atoms with Crippen LogP contribution in [0.1, 0.15) is 0 Å². The fourth-order valence-electron chi connectivity index (χ4n) is 10.5.